The Bertz CT molecular complexity index is 384. The Morgan fingerprint density at radius 3 is 3.00 bits per heavy atom. The Labute approximate surface area is 115 Å². The van der Waals surface area contributed by atoms with Crippen LogP contribution in [0.5, 0.6) is 0 Å². The summed E-state index contributed by atoms with van der Waals surface area (Å²) in [6.07, 6.45) is 0.451. The van der Waals surface area contributed by atoms with Crippen molar-refractivity contribution in [3.63, 3.8) is 0 Å². The van der Waals surface area contributed by atoms with Gasteiger partial charge in [-0.3, -0.25) is 4.79 Å². The van der Waals surface area contributed by atoms with Crippen LogP contribution in [-0.2, 0) is 16.0 Å². The molecule has 1 aromatic carbocycles. The smallest absolute Gasteiger partial charge is 0.220 e. The number of amides is 1. The van der Waals surface area contributed by atoms with E-state index in [0.717, 1.165) is 10.0 Å². The maximum absolute atomic E-state index is 11.5. The van der Waals surface area contributed by atoms with Crippen molar-refractivity contribution in [1.29, 1.82) is 0 Å². The van der Waals surface area contributed by atoms with Gasteiger partial charge in [0.25, 0.3) is 0 Å². The Morgan fingerprint density at radius 2 is 2.33 bits per heavy atom. The van der Waals surface area contributed by atoms with Crippen LogP contribution in [-0.4, -0.2) is 37.4 Å². The number of aryl methyl sites for hydroxylation is 1. The summed E-state index contributed by atoms with van der Waals surface area (Å²) in [4.78, 5) is 11.5. The lowest BCUT2D eigenvalue weighted by atomic mass is 10.1. The average Bonchev–Trinajstić information content (AvgIpc) is 2.34. The minimum absolute atomic E-state index is 0.0647. The Kier molecular flexibility index (Phi) is 6.93. The summed E-state index contributed by atoms with van der Waals surface area (Å²) >= 11 is 3.39. The van der Waals surface area contributed by atoms with Gasteiger partial charge in [-0.05, 0) is 24.1 Å². The van der Waals surface area contributed by atoms with Gasteiger partial charge in [0.2, 0.25) is 5.91 Å². The first-order valence-corrected chi connectivity index (χ1v) is 6.59. The molecule has 18 heavy (non-hydrogen) atoms. The predicted octanol–water partition coefficient (Wildman–Crippen LogP) is 1.51. The van der Waals surface area contributed by atoms with E-state index in [1.807, 2.05) is 24.3 Å². The highest BCUT2D eigenvalue weighted by Crippen LogP contribution is 2.12. The fraction of sp³-hybridized carbons (Fsp3) is 0.462. The van der Waals surface area contributed by atoms with E-state index in [4.69, 9.17) is 4.74 Å². The lowest BCUT2D eigenvalue weighted by Gasteiger charge is -2.10. The van der Waals surface area contributed by atoms with Crippen molar-refractivity contribution in [2.45, 2.75) is 18.9 Å². The summed E-state index contributed by atoms with van der Waals surface area (Å²) in [7, 11) is 1.51. The van der Waals surface area contributed by atoms with Gasteiger partial charge in [0.05, 0.1) is 12.7 Å². The molecule has 0 saturated heterocycles. The van der Waals surface area contributed by atoms with Crippen LogP contribution < -0.4 is 5.32 Å². The van der Waals surface area contributed by atoms with E-state index in [2.05, 4.69) is 21.2 Å². The minimum atomic E-state index is -0.648. The van der Waals surface area contributed by atoms with E-state index in [-0.39, 0.29) is 19.1 Å². The van der Waals surface area contributed by atoms with Crippen molar-refractivity contribution in [3.8, 4) is 0 Å². The van der Waals surface area contributed by atoms with Gasteiger partial charge in [-0.1, -0.05) is 28.1 Å². The minimum Gasteiger partial charge on any atom is -0.389 e. The summed E-state index contributed by atoms with van der Waals surface area (Å²) in [5.41, 5.74) is 1.11. The molecule has 0 aromatic heterocycles. The van der Waals surface area contributed by atoms with Crippen molar-refractivity contribution < 1.29 is 14.6 Å². The maximum atomic E-state index is 11.5. The molecule has 0 saturated carbocycles. The molecule has 0 bridgehead atoms. The first kappa shape index (κ1) is 15.1. The topological polar surface area (TPSA) is 58.6 Å². The number of nitrogens with one attached hydrogen (secondary N) is 1. The summed E-state index contributed by atoms with van der Waals surface area (Å²) in [6.45, 7) is 0.455. The van der Waals surface area contributed by atoms with Crippen LogP contribution in [0.1, 0.15) is 12.0 Å². The highest BCUT2D eigenvalue weighted by atomic mass is 79.9. The van der Waals surface area contributed by atoms with Crippen LogP contribution in [0.15, 0.2) is 28.7 Å². The number of methoxy groups -OCH3 is 1. The molecule has 0 aliphatic carbocycles. The van der Waals surface area contributed by atoms with Gasteiger partial charge in [-0.25, -0.2) is 0 Å². The van der Waals surface area contributed by atoms with Gasteiger partial charge in [0.1, 0.15) is 0 Å². The number of hydrogen-bond acceptors (Lipinski definition) is 3. The fourth-order valence-corrected chi connectivity index (χ4v) is 1.97. The monoisotopic (exact) mass is 315 g/mol. The van der Waals surface area contributed by atoms with Gasteiger partial charge in [-0.2, -0.15) is 0 Å². The van der Waals surface area contributed by atoms with Crippen molar-refractivity contribution >= 4 is 21.8 Å². The fourth-order valence-electron chi connectivity index (χ4n) is 1.52. The van der Waals surface area contributed by atoms with Crippen molar-refractivity contribution in [2.24, 2.45) is 0 Å². The molecule has 1 atom stereocenters. The van der Waals surface area contributed by atoms with Crippen molar-refractivity contribution in [2.75, 3.05) is 20.3 Å². The van der Waals surface area contributed by atoms with Gasteiger partial charge in [-0.15, -0.1) is 0 Å². The van der Waals surface area contributed by atoms with E-state index in [9.17, 15) is 9.90 Å². The molecule has 0 aliphatic heterocycles. The Hall–Kier alpha value is -0.910. The molecule has 2 N–H and O–H groups in total. The Morgan fingerprint density at radius 1 is 1.56 bits per heavy atom. The second-order valence-electron chi connectivity index (χ2n) is 4.04. The van der Waals surface area contributed by atoms with Crippen molar-refractivity contribution in [3.05, 3.63) is 34.3 Å². The molecule has 0 fully saturated rings. The van der Waals surface area contributed by atoms with Gasteiger partial charge in [0, 0.05) is 24.5 Å². The summed E-state index contributed by atoms with van der Waals surface area (Å²) in [5, 5.41) is 12.0. The molecule has 4 nitrogen and oxygen atoms in total. The second kappa shape index (κ2) is 8.24. The number of rotatable bonds is 7. The molecule has 100 valence electrons. The van der Waals surface area contributed by atoms with E-state index in [1.165, 1.54) is 7.11 Å². The third-order valence-corrected chi connectivity index (χ3v) is 2.92. The van der Waals surface area contributed by atoms with E-state index >= 15 is 0 Å². The molecule has 1 rings (SSSR count). The quantitative estimate of drug-likeness (QED) is 0.802. The molecule has 1 amide bonds. The SMILES string of the molecule is COCC(O)CNC(=O)CCc1cccc(Br)c1. The summed E-state index contributed by atoms with van der Waals surface area (Å²) in [6, 6.07) is 7.87. The standard InChI is InChI=1S/C13H18BrNO3/c1-18-9-12(16)8-15-13(17)6-5-10-3-2-4-11(14)7-10/h2-4,7,12,16H,5-6,8-9H2,1H3,(H,15,17). The van der Waals surface area contributed by atoms with Crippen LogP contribution in [0.4, 0.5) is 0 Å². The molecular weight excluding hydrogens is 298 g/mol. The number of hydrogen-bond donors (Lipinski definition) is 2. The molecule has 0 aliphatic rings. The molecule has 0 radical (unpaired) electrons. The Balaban J connectivity index is 2.25. The van der Waals surface area contributed by atoms with Gasteiger partial charge < -0.3 is 15.2 Å². The van der Waals surface area contributed by atoms with Crippen molar-refractivity contribution in [1.82, 2.24) is 5.32 Å². The summed E-state index contributed by atoms with van der Waals surface area (Å²) < 4.78 is 5.78. The third-order valence-electron chi connectivity index (χ3n) is 2.42. The van der Waals surface area contributed by atoms with Crippen LogP contribution in [0.25, 0.3) is 0 Å². The maximum Gasteiger partial charge on any atom is 0.220 e. The zero-order valence-corrected chi connectivity index (χ0v) is 11.9. The highest BCUT2D eigenvalue weighted by molar-refractivity contribution is 9.10. The van der Waals surface area contributed by atoms with Crippen LogP contribution >= 0.6 is 15.9 Å². The first-order valence-electron chi connectivity index (χ1n) is 5.80. The first-order chi connectivity index (χ1) is 8.61. The molecule has 0 spiro atoms. The number of benzene rings is 1. The lowest BCUT2D eigenvalue weighted by molar-refractivity contribution is -0.121. The van der Waals surface area contributed by atoms with Gasteiger partial charge >= 0.3 is 0 Å². The lowest BCUT2D eigenvalue weighted by Crippen LogP contribution is -2.34. The number of halogens is 1. The van der Waals surface area contributed by atoms with E-state index < -0.39 is 6.10 Å². The zero-order valence-electron chi connectivity index (χ0n) is 10.4. The van der Waals surface area contributed by atoms with Crippen LogP contribution in [0.2, 0.25) is 0 Å². The second-order valence-corrected chi connectivity index (χ2v) is 4.96. The summed E-state index contributed by atoms with van der Waals surface area (Å²) in [5.74, 6) is -0.0647. The van der Waals surface area contributed by atoms with Crippen LogP contribution in [0.3, 0.4) is 0 Å². The number of carbonyl (C=O) groups excluding carboxylic acids is 1. The van der Waals surface area contributed by atoms with Crippen LogP contribution in [0, 0.1) is 0 Å². The molecule has 1 unspecified atom stereocenters. The average molecular weight is 316 g/mol. The highest BCUT2D eigenvalue weighted by Gasteiger charge is 2.06. The molecular formula is C13H18BrNO3. The zero-order chi connectivity index (χ0) is 13.4. The number of aliphatic hydroxyl groups excluding tert-OH is 1. The normalized spacial score (nSPS) is 12.2. The third kappa shape index (κ3) is 6.14. The number of ether oxygens (including phenoxy) is 1. The largest absolute Gasteiger partial charge is 0.389 e. The van der Waals surface area contributed by atoms with Gasteiger partial charge in [0.15, 0.2) is 0 Å². The van der Waals surface area contributed by atoms with E-state index in [1.54, 1.807) is 0 Å². The van der Waals surface area contributed by atoms with E-state index in [0.29, 0.717) is 12.8 Å². The molecule has 1 aromatic rings. The molecule has 5 heteroatoms. The number of aliphatic hydroxyl groups is 1. The predicted molar refractivity (Wildman–Crippen MR) is 73.4 cm³/mol. The number of carbonyl (C=O) groups is 1. The molecule has 0 heterocycles.